The summed E-state index contributed by atoms with van der Waals surface area (Å²) in [7, 11) is 2.01. The van der Waals surface area contributed by atoms with Crippen molar-refractivity contribution in [3.63, 3.8) is 0 Å². The molecule has 0 aliphatic heterocycles. The molecular weight excluding hydrogens is 198 g/mol. The van der Waals surface area contributed by atoms with E-state index in [9.17, 15) is 0 Å². The topological polar surface area (TPSA) is 21.3 Å². The highest BCUT2D eigenvalue weighted by Gasteiger charge is 2.23. The lowest BCUT2D eigenvalue weighted by Gasteiger charge is -2.12. The van der Waals surface area contributed by atoms with Gasteiger partial charge in [0.25, 0.3) is 0 Å². The van der Waals surface area contributed by atoms with Gasteiger partial charge < -0.3 is 10.1 Å². The summed E-state index contributed by atoms with van der Waals surface area (Å²) in [6.07, 6.45) is 8.12. The summed E-state index contributed by atoms with van der Waals surface area (Å²) < 4.78 is 5.71. The van der Waals surface area contributed by atoms with Crippen LogP contribution in [0, 0.1) is 12.3 Å². The normalized spacial score (nSPS) is 17.9. The molecule has 1 aromatic carbocycles. The molecule has 1 aliphatic carbocycles. The van der Waals surface area contributed by atoms with Crippen LogP contribution in [0.1, 0.15) is 30.0 Å². The fourth-order valence-corrected chi connectivity index (χ4v) is 2.28. The summed E-state index contributed by atoms with van der Waals surface area (Å²) >= 11 is 0. The van der Waals surface area contributed by atoms with Crippen LogP contribution in [-0.2, 0) is 6.42 Å². The largest absolute Gasteiger partial charge is 0.492 e. The predicted octanol–water partition coefficient (Wildman–Crippen LogP) is 2.30. The fraction of sp³-hybridized carbons (Fsp3) is 0.429. The highest BCUT2D eigenvalue weighted by molar-refractivity contribution is 5.45. The van der Waals surface area contributed by atoms with Crippen molar-refractivity contribution in [2.24, 2.45) is 0 Å². The Kier molecular flexibility index (Phi) is 3.48. The Morgan fingerprint density at radius 3 is 3.19 bits per heavy atom. The standard InChI is InChI=1S/C14H17NO/c1-3-4-10-16-14-7-5-6-11-12(14)8-9-13(11)15-2/h1,5-7,13,15H,4,8-10H2,2H3. The van der Waals surface area contributed by atoms with Crippen molar-refractivity contribution >= 4 is 0 Å². The molecular formula is C14H17NO. The van der Waals surface area contributed by atoms with E-state index in [2.05, 4.69) is 23.4 Å². The van der Waals surface area contributed by atoms with E-state index in [1.807, 2.05) is 13.1 Å². The Bertz CT molecular complexity index is 406. The Labute approximate surface area is 97.0 Å². The number of hydrogen-bond donors (Lipinski definition) is 1. The van der Waals surface area contributed by atoms with Crippen molar-refractivity contribution < 1.29 is 4.74 Å². The highest BCUT2D eigenvalue weighted by Crippen LogP contribution is 2.36. The Morgan fingerprint density at radius 2 is 2.44 bits per heavy atom. The first-order valence-corrected chi connectivity index (χ1v) is 5.72. The molecule has 2 rings (SSSR count). The van der Waals surface area contributed by atoms with Crippen LogP contribution < -0.4 is 10.1 Å². The number of hydrogen-bond acceptors (Lipinski definition) is 2. The molecule has 0 saturated carbocycles. The van der Waals surface area contributed by atoms with Crippen LogP contribution in [-0.4, -0.2) is 13.7 Å². The Balaban J connectivity index is 2.16. The lowest BCUT2D eigenvalue weighted by molar-refractivity contribution is 0.324. The SMILES string of the molecule is C#CCCOc1cccc2c1CCC2NC. The number of nitrogens with one attached hydrogen (secondary N) is 1. The quantitative estimate of drug-likeness (QED) is 0.614. The van der Waals surface area contributed by atoms with Gasteiger partial charge in [0.2, 0.25) is 0 Å². The zero-order valence-corrected chi connectivity index (χ0v) is 9.62. The van der Waals surface area contributed by atoms with Crippen molar-refractivity contribution in [3.8, 4) is 18.1 Å². The molecule has 2 nitrogen and oxygen atoms in total. The van der Waals surface area contributed by atoms with E-state index in [0.29, 0.717) is 19.1 Å². The lowest BCUT2D eigenvalue weighted by atomic mass is 10.1. The molecule has 0 amide bonds. The second-order valence-corrected chi connectivity index (χ2v) is 4.01. The molecule has 1 unspecified atom stereocenters. The van der Waals surface area contributed by atoms with Crippen LogP contribution in [0.15, 0.2) is 18.2 Å². The maximum atomic E-state index is 5.71. The van der Waals surface area contributed by atoms with E-state index < -0.39 is 0 Å². The van der Waals surface area contributed by atoms with Gasteiger partial charge in [0.15, 0.2) is 0 Å². The van der Waals surface area contributed by atoms with Crippen LogP contribution in [0.5, 0.6) is 5.75 Å². The Morgan fingerprint density at radius 1 is 1.56 bits per heavy atom. The maximum Gasteiger partial charge on any atom is 0.122 e. The molecule has 0 bridgehead atoms. The molecule has 0 saturated heterocycles. The first-order chi connectivity index (χ1) is 7.86. The molecule has 1 aromatic rings. The number of benzene rings is 1. The van der Waals surface area contributed by atoms with Gasteiger partial charge >= 0.3 is 0 Å². The van der Waals surface area contributed by atoms with Gasteiger partial charge in [-0.2, -0.15) is 0 Å². The second-order valence-electron chi connectivity index (χ2n) is 4.01. The average molecular weight is 215 g/mol. The van der Waals surface area contributed by atoms with Crippen molar-refractivity contribution in [3.05, 3.63) is 29.3 Å². The number of terminal acetylenes is 1. The van der Waals surface area contributed by atoms with Gasteiger partial charge in [-0.25, -0.2) is 0 Å². The first kappa shape index (κ1) is 11.0. The van der Waals surface area contributed by atoms with E-state index in [-0.39, 0.29) is 0 Å². The summed E-state index contributed by atoms with van der Waals surface area (Å²) in [6.45, 7) is 0.608. The van der Waals surface area contributed by atoms with Crippen molar-refractivity contribution in [2.45, 2.75) is 25.3 Å². The van der Waals surface area contributed by atoms with Crippen LogP contribution in [0.4, 0.5) is 0 Å². The van der Waals surface area contributed by atoms with E-state index in [0.717, 1.165) is 18.6 Å². The third-order valence-electron chi connectivity index (χ3n) is 3.08. The van der Waals surface area contributed by atoms with Crippen molar-refractivity contribution in [1.82, 2.24) is 5.32 Å². The number of rotatable bonds is 4. The fourth-order valence-electron chi connectivity index (χ4n) is 2.28. The monoisotopic (exact) mass is 215 g/mol. The van der Waals surface area contributed by atoms with Crippen molar-refractivity contribution in [2.75, 3.05) is 13.7 Å². The van der Waals surface area contributed by atoms with Gasteiger partial charge in [-0.05, 0) is 37.1 Å². The molecule has 0 spiro atoms. The van der Waals surface area contributed by atoms with Gasteiger partial charge in [0.05, 0.1) is 6.61 Å². The van der Waals surface area contributed by atoms with Crippen molar-refractivity contribution in [1.29, 1.82) is 0 Å². The van der Waals surface area contributed by atoms with Gasteiger partial charge in [-0.1, -0.05) is 12.1 Å². The summed E-state index contributed by atoms with van der Waals surface area (Å²) in [5, 5.41) is 3.33. The Hall–Kier alpha value is -1.46. The number of ether oxygens (including phenoxy) is 1. The minimum Gasteiger partial charge on any atom is -0.492 e. The maximum absolute atomic E-state index is 5.71. The molecule has 0 fully saturated rings. The van der Waals surface area contributed by atoms with Gasteiger partial charge in [0.1, 0.15) is 5.75 Å². The number of fused-ring (bicyclic) bond motifs is 1. The molecule has 0 radical (unpaired) electrons. The predicted molar refractivity (Wildman–Crippen MR) is 65.5 cm³/mol. The molecule has 2 heteroatoms. The zero-order valence-electron chi connectivity index (χ0n) is 9.62. The van der Waals surface area contributed by atoms with E-state index in [4.69, 9.17) is 11.2 Å². The minimum atomic E-state index is 0.478. The molecule has 84 valence electrons. The van der Waals surface area contributed by atoms with E-state index in [1.54, 1.807) is 0 Å². The summed E-state index contributed by atoms with van der Waals surface area (Å²) in [4.78, 5) is 0. The molecule has 0 heterocycles. The van der Waals surface area contributed by atoms with Crippen LogP contribution in [0.25, 0.3) is 0 Å². The molecule has 1 N–H and O–H groups in total. The van der Waals surface area contributed by atoms with Gasteiger partial charge in [0, 0.05) is 12.5 Å². The summed E-state index contributed by atoms with van der Waals surface area (Å²) in [6, 6.07) is 6.75. The van der Waals surface area contributed by atoms with E-state index >= 15 is 0 Å². The average Bonchev–Trinajstić information content (AvgIpc) is 2.73. The lowest BCUT2D eigenvalue weighted by Crippen LogP contribution is -2.12. The molecule has 1 atom stereocenters. The van der Waals surface area contributed by atoms with Crippen LogP contribution in [0.2, 0.25) is 0 Å². The first-order valence-electron chi connectivity index (χ1n) is 5.72. The minimum absolute atomic E-state index is 0.478. The second kappa shape index (κ2) is 5.05. The van der Waals surface area contributed by atoms with Gasteiger partial charge in [-0.15, -0.1) is 12.3 Å². The highest BCUT2D eigenvalue weighted by atomic mass is 16.5. The third-order valence-corrected chi connectivity index (χ3v) is 3.08. The smallest absolute Gasteiger partial charge is 0.122 e. The van der Waals surface area contributed by atoms with Crippen LogP contribution in [0.3, 0.4) is 0 Å². The summed E-state index contributed by atoms with van der Waals surface area (Å²) in [5.41, 5.74) is 2.72. The van der Waals surface area contributed by atoms with Gasteiger partial charge in [-0.3, -0.25) is 0 Å². The molecule has 16 heavy (non-hydrogen) atoms. The molecule has 1 aliphatic rings. The zero-order chi connectivity index (χ0) is 11.4. The van der Waals surface area contributed by atoms with Crippen LogP contribution >= 0.6 is 0 Å². The summed E-state index contributed by atoms with van der Waals surface area (Å²) in [5.74, 6) is 3.59. The molecule has 0 aromatic heterocycles. The van der Waals surface area contributed by atoms with E-state index in [1.165, 1.54) is 11.1 Å². The third kappa shape index (κ3) is 2.05.